The van der Waals surface area contributed by atoms with Gasteiger partial charge in [0.15, 0.2) is 5.11 Å². The number of carboxylic acid groups (broad SMARTS) is 1. The molecule has 0 aliphatic carbocycles. The van der Waals surface area contributed by atoms with Crippen molar-refractivity contribution >= 4 is 44.9 Å². The Labute approximate surface area is 204 Å². The summed E-state index contributed by atoms with van der Waals surface area (Å²) in [5, 5.41) is 13.3. The van der Waals surface area contributed by atoms with Gasteiger partial charge in [-0.25, -0.2) is 4.79 Å². The van der Waals surface area contributed by atoms with Crippen molar-refractivity contribution in [3.8, 4) is 5.69 Å². The highest BCUT2D eigenvalue weighted by molar-refractivity contribution is 9.10. The number of halogens is 1. The smallest absolute Gasteiger partial charge is 0.335 e. The summed E-state index contributed by atoms with van der Waals surface area (Å²) in [4.78, 5) is 18.0. The molecule has 1 aliphatic heterocycles. The van der Waals surface area contributed by atoms with Gasteiger partial charge in [0.1, 0.15) is 6.04 Å². The lowest BCUT2D eigenvalue weighted by Gasteiger charge is -2.29. The van der Waals surface area contributed by atoms with Gasteiger partial charge in [-0.15, -0.1) is 0 Å². The van der Waals surface area contributed by atoms with E-state index in [4.69, 9.17) is 12.2 Å². The first-order valence-electron chi connectivity index (χ1n) is 10.3. The molecule has 1 saturated heterocycles. The predicted molar refractivity (Wildman–Crippen MR) is 135 cm³/mol. The molecule has 0 unspecified atom stereocenters. The van der Waals surface area contributed by atoms with Gasteiger partial charge in [0.2, 0.25) is 0 Å². The van der Waals surface area contributed by atoms with E-state index >= 15 is 0 Å². The molecule has 33 heavy (non-hydrogen) atoms. The van der Waals surface area contributed by atoms with E-state index in [0.29, 0.717) is 5.11 Å². The monoisotopic (exact) mass is 518 g/mol. The fourth-order valence-electron chi connectivity index (χ4n) is 4.17. The zero-order valence-corrected chi connectivity index (χ0v) is 19.7. The molecular weight excluding hydrogens is 500 g/mol. The van der Waals surface area contributed by atoms with Gasteiger partial charge in [0, 0.05) is 33.9 Å². The number of thiocarbonyl (C=S) groups is 1. The average Bonchev–Trinajstić information content (AvgIpc) is 3.44. The molecule has 6 nitrogen and oxygen atoms in total. The molecular formula is C25H19BrN4O2S. The quantitative estimate of drug-likeness (QED) is 0.339. The first-order valence-corrected chi connectivity index (χ1v) is 11.5. The first-order chi connectivity index (χ1) is 16.0. The Kier molecular flexibility index (Phi) is 5.70. The van der Waals surface area contributed by atoms with Crippen LogP contribution >= 0.6 is 28.1 Å². The van der Waals surface area contributed by atoms with Gasteiger partial charge in [0.25, 0.3) is 0 Å². The maximum absolute atomic E-state index is 11.3. The second-order valence-electron chi connectivity index (χ2n) is 7.63. The van der Waals surface area contributed by atoms with Crippen LogP contribution in [0, 0.1) is 0 Å². The van der Waals surface area contributed by atoms with Crippen LogP contribution in [-0.4, -0.2) is 25.7 Å². The third-order valence-corrected chi connectivity index (χ3v) is 6.52. The molecule has 0 radical (unpaired) electrons. The molecule has 5 rings (SSSR count). The van der Waals surface area contributed by atoms with E-state index < -0.39 is 5.97 Å². The number of carboxylic acids is 1. The van der Waals surface area contributed by atoms with Crippen molar-refractivity contribution in [1.29, 1.82) is 0 Å². The minimum absolute atomic E-state index is 0.172. The molecule has 0 saturated carbocycles. The Morgan fingerprint density at radius 1 is 0.970 bits per heavy atom. The standard InChI is InChI=1S/C25H19BrN4O2S/c26-17-8-12-19(13-9-17)30-23(22(28-25(30)33)20-4-1-2-14-27-20)21-5-3-15-29(21)18-10-6-16(7-11-18)24(31)32/h1-15,22-23H,(H,28,33)(H,31,32)/t22-,23+/m1/s1. The van der Waals surface area contributed by atoms with E-state index in [2.05, 4.69) is 41.8 Å². The number of aromatic carboxylic acids is 1. The van der Waals surface area contributed by atoms with Crippen LogP contribution < -0.4 is 10.2 Å². The molecule has 4 aromatic rings. The van der Waals surface area contributed by atoms with Crippen molar-refractivity contribution in [2.45, 2.75) is 12.1 Å². The molecule has 164 valence electrons. The zero-order chi connectivity index (χ0) is 22.9. The molecule has 2 aromatic carbocycles. The average molecular weight is 519 g/mol. The maximum atomic E-state index is 11.3. The normalized spacial score (nSPS) is 17.7. The van der Waals surface area contributed by atoms with Gasteiger partial charge < -0.3 is 19.9 Å². The van der Waals surface area contributed by atoms with E-state index in [9.17, 15) is 9.90 Å². The Bertz CT molecular complexity index is 1310. The highest BCUT2D eigenvalue weighted by atomic mass is 79.9. The number of hydrogen-bond donors (Lipinski definition) is 2. The summed E-state index contributed by atoms with van der Waals surface area (Å²) in [6, 6.07) is 24.4. The number of anilines is 1. The van der Waals surface area contributed by atoms with E-state index in [1.165, 1.54) is 0 Å². The number of rotatable bonds is 5. The van der Waals surface area contributed by atoms with E-state index in [0.717, 1.165) is 27.2 Å². The minimum Gasteiger partial charge on any atom is -0.478 e. The number of aromatic nitrogens is 2. The molecule has 2 atom stereocenters. The van der Waals surface area contributed by atoms with Gasteiger partial charge in [-0.1, -0.05) is 22.0 Å². The van der Waals surface area contributed by atoms with Crippen LogP contribution in [0.5, 0.6) is 0 Å². The van der Waals surface area contributed by atoms with Crippen molar-refractivity contribution in [2.75, 3.05) is 4.90 Å². The summed E-state index contributed by atoms with van der Waals surface area (Å²) in [5.41, 5.74) is 3.97. The number of nitrogens with zero attached hydrogens (tertiary/aromatic N) is 3. The molecule has 1 fully saturated rings. The van der Waals surface area contributed by atoms with Crippen molar-refractivity contribution in [3.63, 3.8) is 0 Å². The SMILES string of the molecule is O=C(O)c1ccc(-n2cccc2[C@H]2[C@@H](c3ccccn3)NC(=S)N2c2ccc(Br)cc2)cc1. The topological polar surface area (TPSA) is 70.4 Å². The summed E-state index contributed by atoms with van der Waals surface area (Å²) < 4.78 is 3.05. The molecule has 8 heteroatoms. The van der Waals surface area contributed by atoms with E-state index in [-0.39, 0.29) is 17.6 Å². The second-order valence-corrected chi connectivity index (χ2v) is 8.93. The van der Waals surface area contributed by atoms with Crippen LogP contribution in [0.1, 0.15) is 33.8 Å². The molecule has 0 amide bonds. The van der Waals surface area contributed by atoms with E-state index in [1.54, 1.807) is 18.3 Å². The van der Waals surface area contributed by atoms with Crippen LogP contribution in [0.4, 0.5) is 5.69 Å². The van der Waals surface area contributed by atoms with Crippen LogP contribution in [-0.2, 0) is 0 Å². The maximum Gasteiger partial charge on any atom is 0.335 e. The van der Waals surface area contributed by atoms with Crippen LogP contribution in [0.15, 0.2) is 95.7 Å². The van der Waals surface area contributed by atoms with Crippen LogP contribution in [0.25, 0.3) is 5.69 Å². The third kappa shape index (κ3) is 4.03. The summed E-state index contributed by atoms with van der Waals surface area (Å²) >= 11 is 9.30. The van der Waals surface area contributed by atoms with Crippen molar-refractivity contribution in [3.05, 3.63) is 113 Å². The third-order valence-electron chi connectivity index (χ3n) is 5.68. The number of pyridine rings is 1. The molecule has 0 spiro atoms. The molecule has 3 heterocycles. The lowest BCUT2D eigenvalue weighted by molar-refractivity contribution is 0.0697. The predicted octanol–water partition coefficient (Wildman–Crippen LogP) is 5.51. The largest absolute Gasteiger partial charge is 0.478 e. The van der Waals surface area contributed by atoms with Crippen LogP contribution in [0.2, 0.25) is 0 Å². The number of benzene rings is 2. The summed E-state index contributed by atoms with van der Waals surface area (Å²) in [6.45, 7) is 0. The fourth-order valence-corrected chi connectivity index (χ4v) is 4.78. The van der Waals surface area contributed by atoms with Crippen molar-refractivity contribution in [2.24, 2.45) is 0 Å². The number of hydrogen-bond acceptors (Lipinski definition) is 3. The summed E-state index contributed by atoms with van der Waals surface area (Å²) in [6.07, 6.45) is 3.75. The Hall–Kier alpha value is -3.49. The van der Waals surface area contributed by atoms with Gasteiger partial charge in [-0.3, -0.25) is 4.98 Å². The van der Waals surface area contributed by atoms with Gasteiger partial charge in [-0.05, 0) is 85.0 Å². The van der Waals surface area contributed by atoms with Crippen LogP contribution in [0.3, 0.4) is 0 Å². The minimum atomic E-state index is -0.948. The van der Waals surface area contributed by atoms with Crippen molar-refractivity contribution < 1.29 is 9.90 Å². The molecule has 0 bridgehead atoms. The first kappa shape index (κ1) is 21.4. The Balaban J connectivity index is 1.63. The lowest BCUT2D eigenvalue weighted by atomic mass is 10.0. The molecule has 2 N–H and O–H groups in total. The lowest BCUT2D eigenvalue weighted by Crippen LogP contribution is -2.30. The Morgan fingerprint density at radius 3 is 2.36 bits per heavy atom. The molecule has 1 aliphatic rings. The zero-order valence-electron chi connectivity index (χ0n) is 17.3. The van der Waals surface area contributed by atoms with Gasteiger partial charge in [0.05, 0.1) is 17.3 Å². The highest BCUT2D eigenvalue weighted by Gasteiger charge is 2.42. The number of nitrogens with one attached hydrogen (secondary N) is 1. The number of carbonyl (C=O) groups is 1. The van der Waals surface area contributed by atoms with Gasteiger partial charge >= 0.3 is 5.97 Å². The van der Waals surface area contributed by atoms with Crippen molar-refractivity contribution in [1.82, 2.24) is 14.9 Å². The van der Waals surface area contributed by atoms with E-state index in [1.807, 2.05) is 66.9 Å². The fraction of sp³-hybridized carbons (Fsp3) is 0.0800. The highest BCUT2D eigenvalue weighted by Crippen LogP contribution is 2.42. The summed E-state index contributed by atoms with van der Waals surface area (Å²) in [5.74, 6) is -0.948. The second kappa shape index (κ2) is 8.80. The summed E-state index contributed by atoms with van der Waals surface area (Å²) in [7, 11) is 0. The Morgan fingerprint density at radius 2 is 1.70 bits per heavy atom. The molecule has 2 aromatic heterocycles. The van der Waals surface area contributed by atoms with Gasteiger partial charge in [-0.2, -0.15) is 0 Å².